The van der Waals surface area contributed by atoms with Crippen LogP contribution in [0.15, 0.2) is 18.2 Å². The Morgan fingerprint density at radius 2 is 1.62 bits per heavy atom. The molecule has 90 valence electrons. The molecule has 1 aromatic rings. The van der Waals surface area contributed by atoms with Crippen molar-refractivity contribution in [2.45, 2.75) is 26.7 Å². The number of ether oxygens (including phenoxy) is 2. The molecular formula is C13H19FO2. The molecule has 0 heterocycles. The molecule has 0 aromatic heterocycles. The average Bonchev–Trinajstić information content (AvgIpc) is 2.29. The summed E-state index contributed by atoms with van der Waals surface area (Å²) in [5.74, 6) is 1.24. The number of benzene rings is 1. The molecule has 0 aliphatic heterocycles. The van der Waals surface area contributed by atoms with E-state index in [1.165, 1.54) is 0 Å². The lowest BCUT2D eigenvalue weighted by atomic mass is 10.00. The zero-order valence-electron chi connectivity index (χ0n) is 10.1. The van der Waals surface area contributed by atoms with E-state index in [-0.39, 0.29) is 5.92 Å². The van der Waals surface area contributed by atoms with Crippen LogP contribution in [0.1, 0.15) is 32.3 Å². The molecule has 0 radical (unpaired) electrons. The van der Waals surface area contributed by atoms with Crippen molar-refractivity contribution in [2.24, 2.45) is 0 Å². The molecule has 1 unspecified atom stereocenters. The van der Waals surface area contributed by atoms with Crippen LogP contribution in [0.5, 0.6) is 11.5 Å². The summed E-state index contributed by atoms with van der Waals surface area (Å²) in [4.78, 5) is 0. The maximum atomic E-state index is 12.8. The van der Waals surface area contributed by atoms with Crippen LogP contribution in [0.3, 0.4) is 0 Å². The summed E-state index contributed by atoms with van der Waals surface area (Å²) in [5, 5.41) is 0. The summed E-state index contributed by atoms with van der Waals surface area (Å²) in [7, 11) is 0. The second-order valence-corrected chi connectivity index (χ2v) is 3.59. The van der Waals surface area contributed by atoms with Crippen molar-refractivity contribution in [1.29, 1.82) is 0 Å². The fraction of sp³-hybridized carbons (Fsp3) is 0.538. The lowest BCUT2D eigenvalue weighted by Crippen LogP contribution is -2.05. The SMILES string of the molecule is CCOc1cccc(OCC)c1C(C)CF. The molecule has 3 heteroatoms. The minimum absolute atomic E-state index is 0.204. The Labute approximate surface area is 96.4 Å². The van der Waals surface area contributed by atoms with Gasteiger partial charge in [-0.25, -0.2) is 0 Å². The molecule has 0 spiro atoms. The van der Waals surface area contributed by atoms with Crippen LogP contribution in [0, 0.1) is 0 Å². The molecule has 0 aliphatic rings. The minimum Gasteiger partial charge on any atom is -0.493 e. The molecule has 0 bridgehead atoms. The molecule has 16 heavy (non-hydrogen) atoms. The van der Waals surface area contributed by atoms with Gasteiger partial charge >= 0.3 is 0 Å². The quantitative estimate of drug-likeness (QED) is 0.738. The third-order valence-corrected chi connectivity index (χ3v) is 2.35. The highest BCUT2D eigenvalue weighted by Crippen LogP contribution is 2.35. The van der Waals surface area contributed by atoms with Crippen molar-refractivity contribution in [3.8, 4) is 11.5 Å². The number of hydrogen-bond donors (Lipinski definition) is 0. The summed E-state index contributed by atoms with van der Waals surface area (Å²) >= 11 is 0. The zero-order valence-corrected chi connectivity index (χ0v) is 10.1. The van der Waals surface area contributed by atoms with Crippen LogP contribution in [0.25, 0.3) is 0 Å². The lowest BCUT2D eigenvalue weighted by Gasteiger charge is -2.18. The first-order chi connectivity index (χ1) is 7.74. The first-order valence-corrected chi connectivity index (χ1v) is 5.69. The second kappa shape index (κ2) is 6.36. The first-order valence-electron chi connectivity index (χ1n) is 5.69. The molecule has 1 rings (SSSR count). The van der Waals surface area contributed by atoms with Gasteiger partial charge in [0.05, 0.1) is 19.9 Å². The molecule has 0 N–H and O–H groups in total. The topological polar surface area (TPSA) is 18.5 Å². The highest BCUT2D eigenvalue weighted by Gasteiger charge is 2.17. The number of alkyl halides is 1. The van der Waals surface area contributed by atoms with E-state index in [0.717, 1.165) is 17.1 Å². The summed E-state index contributed by atoms with van der Waals surface area (Å²) < 4.78 is 23.8. The second-order valence-electron chi connectivity index (χ2n) is 3.59. The highest BCUT2D eigenvalue weighted by molar-refractivity contribution is 5.47. The van der Waals surface area contributed by atoms with Crippen LogP contribution < -0.4 is 9.47 Å². The third-order valence-electron chi connectivity index (χ3n) is 2.35. The van der Waals surface area contributed by atoms with Crippen LogP contribution >= 0.6 is 0 Å². The number of halogens is 1. The van der Waals surface area contributed by atoms with Gasteiger partial charge in [-0.05, 0) is 26.0 Å². The van der Waals surface area contributed by atoms with E-state index in [4.69, 9.17) is 9.47 Å². The van der Waals surface area contributed by atoms with Gasteiger partial charge in [0.2, 0.25) is 0 Å². The molecule has 0 amide bonds. The minimum atomic E-state index is -0.413. The molecule has 1 aromatic carbocycles. The summed E-state index contributed by atoms with van der Waals surface area (Å²) in [6, 6.07) is 5.57. The molecule has 0 aliphatic carbocycles. The maximum Gasteiger partial charge on any atom is 0.126 e. The predicted molar refractivity (Wildman–Crippen MR) is 63.2 cm³/mol. The average molecular weight is 226 g/mol. The van der Waals surface area contributed by atoms with Gasteiger partial charge in [-0.1, -0.05) is 13.0 Å². The van der Waals surface area contributed by atoms with Gasteiger partial charge in [0, 0.05) is 11.5 Å². The van der Waals surface area contributed by atoms with Gasteiger partial charge < -0.3 is 9.47 Å². The van der Waals surface area contributed by atoms with Gasteiger partial charge in [-0.2, -0.15) is 0 Å². The van der Waals surface area contributed by atoms with E-state index in [2.05, 4.69) is 0 Å². The van der Waals surface area contributed by atoms with Crippen molar-refractivity contribution in [1.82, 2.24) is 0 Å². The molecule has 1 atom stereocenters. The standard InChI is InChI=1S/C13H19FO2/c1-4-15-11-7-6-8-12(16-5-2)13(11)10(3)9-14/h6-8,10H,4-5,9H2,1-3H3. The van der Waals surface area contributed by atoms with E-state index >= 15 is 0 Å². The lowest BCUT2D eigenvalue weighted by molar-refractivity contribution is 0.308. The van der Waals surface area contributed by atoms with Crippen LogP contribution in [0.2, 0.25) is 0 Å². The Morgan fingerprint density at radius 3 is 2.00 bits per heavy atom. The molecule has 0 saturated heterocycles. The van der Waals surface area contributed by atoms with Gasteiger partial charge in [0.25, 0.3) is 0 Å². The Balaban J connectivity index is 3.11. The molecule has 0 fully saturated rings. The van der Waals surface area contributed by atoms with E-state index in [1.807, 2.05) is 39.0 Å². The van der Waals surface area contributed by atoms with Crippen LogP contribution in [-0.4, -0.2) is 19.9 Å². The van der Waals surface area contributed by atoms with E-state index in [1.54, 1.807) is 0 Å². The Morgan fingerprint density at radius 1 is 1.12 bits per heavy atom. The van der Waals surface area contributed by atoms with E-state index < -0.39 is 6.67 Å². The normalized spacial score (nSPS) is 12.2. The van der Waals surface area contributed by atoms with Crippen molar-refractivity contribution in [3.63, 3.8) is 0 Å². The van der Waals surface area contributed by atoms with Gasteiger partial charge in [-0.15, -0.1) is 0 Å². The highest BCUT2D eigenvalue weighted by atomic mass is 19.1. The molecule has 2 nitrogen and oxygen atoms in total. The van der Waals surface area contributed by atoms with Gasteiger partial charge in [0.1, 0.15) is 11.5 Å². The van der Waals surface area contributed by atoms with Crippen molar-refractivity contribution < 1.29 is 13.9 Å². The number of hydrogen-bond acceptors (Lipinski definition) is 2. The van der Waals surface area contributed by atoms with E-state index in [9.17, 15) is 4.39 Å². The smallest absolute Gasteiger partial charge is 0.126 e. The largest absolute Gasteiger partial charge is 0.493 e. The third kappa shape index (κ3) is 2.87. The number of rotatable bonds is 6. The Bertz CT molecular complexity index is 301. The summed E-state index contributed by atoms with van der Waals surface area (Å²) in [6.07, 6.45) is 0. The fourth-order valence-electron chi connectivity index (χ4n) is 1.65. The van der Waals surface area contributed by atoms with Crippen LogP contribution in [0.4, 0.5) is 4.39 Å². The van der Waals surface area contributed by atoms with Crippen LogP contribution in [-0.2, 0) is 0 Å². The Kier molecular flexibility index (Phi) is 5.09. The molecular weight excluding hydrogens is 207 g/mol. The van der Waals surface area contributed by atoms with Gasteiger partial charge in [0.15, 0.2) is 0 Å². The Hall–Kier alpha value is -1.25. The summed E-state index contributed by atoms with van der Waals surface area (Å²) in [5.41, 5.74) is 0.828. The summed E-state index contributed by atoms with van der Waals surface area (Å²) in [6.45, 7) is 6.39. The predicted octanol–water partition coefficient (Wildman–Crippen LogP) is 3.56. The zero-order chi connectivity index (χ0) is 12.0. The van der Waals surface area contributed by atoms with E-state index in [0.29, 0.717) is 13.2 Å². The first kappa shape index (κ1) is 12.8. The maximum absolute atomic E-state index is 12.8. The monoisotopic (exact) mass is 226 g/mol. The molecule has 0 saturated carbocycles. The van der Waals surface area contributed by atoms with Crippen molar-refractivity contribution >= 4 is 0 Å². The van der Waals surface area contributed by atoms with Crippen molar-refractivity contribution in [2.75, 3.05) is 19.9 Å². The van der Waals surface area contributed by atoms with Crippen molar-refractivity contribution in [3.05, 3.63) is 23.8 Å². The van der Waals surface area contributed by atoms with Gasteiger partial charge in [-0.3, -0.25) is 4.39 Å². The fourth-order valence-corrected chi connectivity index (χ4v) is 1.65.